The Balaban J connectivity index is 1.43. The van der Waals surface area contributed by atoms with E-state index in [1.165, 1.54) is 23.5 Å². The molecule has 1 fully saturated rings. The van der Waals surface area contributed by atoms with Gasteiger partial charge in [0.25, 0.3) is 0 Å². The van der Waals surface area contributed by atoms with Gasteiger partial charge in [-0.05, 0) is 42.7 Å². The van der Waals surface area contributed by atoms with E-state index in [4.69, 9.17) is 0 Å². The van der Waals surface area contributed by atoms with Gasteiger partial charge >= 0.3 is 0 Å². The first-order chi connectivity index (χ1) is 14.5. The van der Waals surface area contributed by atoms with Crippen LogP contribution in [0.1, 0.15) is 31.2 Å². The summed E-state index contributed by atoms with van der Waals surface area (Å²) in [7, 11) is -3.44. The van der Waals surface area contributed by atoms with Crippen molar-refractivity contribution >= 4 is 26.5 Å². The van der Waals surface area contributed by atoms with E-state index < -0.39 is 10.0 Å². The molecule has 2 aromatic carbocycles. The normalized spacial score (nSPS) is 15.6. The molecule has 1 N–H and O–H groups in total. The molecule has 0 spiro atoms. The lowest BCUT2D eigenvalue weighted by atomic mass is 10.2. The highest BCUT2D eigenvalue weighted by atomic mass is 32.2. The number of rotatable bonds is 6. The van der Waals surface area contributed by atoms with Gasteiger partial charge in [-0.2, -0.15) is 4.31 Å². The number of sulfonamides is 1. The predicted molar refractivity (Wildman–Crippen MR) is 119 cm³/mol. The number of hydrogen-bond donors (Lipinski definition) is 1. The molecule has 30 heavy (non-hydrogen) atoms. The Labute approximate surface area is 180 Å². The molecule has 0 unspecified atom stereocenters. The van der Waals surface area contributed by atoms with Crippen LogP contribution in [0.3, 0.4) is 0 Å². The second-order valence-corrected chi connectivity index (χ2v) is 10.2. The van der Waals surface area contributed by atoms with E-state index in [-0.39, 0.29) is 5.82 Å². The number of benzene rings is 2. The molecule has 158 valence electrons. The van der Waals surface area contributed by atoms with Gasteiger partial charge in [-0.1, -0.05) is 37.1 Å². The Morgan fingerprint density at radius 1 is 0.967 bits per heavy atom. The van der Waals surface area contributed by atoms with Crippen molar-refractivity contribution in [1.82, 2.24) is 9.29 Å². The lowest BCUT2D eigenvalue weighted by molar-refractivity contribution is 0.424. The molecule has 1 saturated heterocycles. The lowest BCUT2D eigenvalue weighted by Gasteiger charge is -2.19. The summed E-state index contributed by atoms with van der Waals surface area (Å²) in [6.07, 6.45) is 4.02. The minimum absolute atomic E-state index is 0.253. The molecular weight excluding hydrogens is 421 g/mol. The van der Waals surface area contributed by atoms with Crippen molar-refractivity contribution in [2.75, 3.05) is 18.4 Å². The maximum atomic E-state index is 13.0. The summed E-state index contributed by atoms with van der Waals surface area (Å²) in [5.74, 6) is -0.253. The first-order valence-corrected chi connectivity index (χ1v) is 12.4. The van der Waals surface area contributed by atoms with Crippen molar-refractivity contribution in [1.29, 1.82) is 0 Å². The number of halogens is 1. The molecule has 2 heterocycles. The van der Waals surface area contributed by atoms with Crippen molar-refractivity contribution in [3.8, 4) is 11.3 Å². The third kappa shape index (κ3) is 4.88. The summed E-state index contributed by atoms with van der Waals surface area (Å²) in [6, 6.07) is 13.3. The van der Waals surface area contributed by atoms with Crippen LogP contribution in [0, 0.1) is 5.82 Å². The molecule has 1 aliphatic heterocycles. The summed E-state index contributed by atoms with van der Waals surface area (Å²) in [4.78, 5) is 4.91. The molecule has 4 rings (SSSR count). The van der Waals surface area contributed by atoms with Gasteiger partial charge in [0, 0.05) is 30.6 Å². The quantitative estimate of drug-likeness (QED) is 0.572. The van der Waals surface area contributed by atoms with E-state index in [9.17, 15) is 12.8 Å². The molecular formula is C22H24FN3O2S2. The molecule has 3 aromatic rings. The Hall–Kier alpha value is -2.29. The van der Waals surface area contributed by atoms with E-state index in [0.717, 1.165) is 47.6 Å². The molecule has 0 aliphatic carbocycles. The van der Waals surface area contributed by atoms with E-state index in [1.54, 1.807) is 28.6 Å². The Morgan fingerprint density at radius 2 is 1.63 bits per heavy atom. The largest absolute Gasteiger partial charge is 0.357 e. The van der Waals surface area contributed by atoms with Gasteiger partial charge in [0.15, 0.2) is 5.13 Å². The van der Waals surface area contributed by atoms with Crippen LogP contribution in [0.4, 0.5) is 9.52 Å². The topological polar surface area (TPSA) is 62.3 Å². The van der Waals surface area contributed by atoms with E-state index >= 15 is 0 Å². The third-order valence-electron chi connectivity index (χ3n) is 5.21. The van der Waals surface area contributed by atoms with Crippen molar-refractivity contribution in [2.45, 2.75) is 37.1 Å². The van der Waals surface area contributed by atoms with Crippen LogP contribution in [-0.2, 0) is 16.6 Å². The number of hydrogen-bond acceptors (Lipinski definition) is 5. The van der Waals surface area contributed by atoms with Crippen LogP contribution in [0.15, 0.2) is 58.8 Å². The second kappa shape index (κ2) is 9.24. The average Bonchev–Trinajstić information content (AvgIpc) is 3.05. The van der Waals surface area contributed by atoms with Crippen molar-refractivity contribution in [2.24, 2.45) is 0 Å². The Morgan fingerprint density at radius 3 is 2.30 bits per heavy atom. The van der Waals surface area contributed by atoms with Gasteiger partial charge in [-0.15, -0.1) is 11.3 Å². The molecule has 5 nitrogen and oxygen atoms in total. The molecule has 0 atom stereocenters. The SMILES string of the molecule is O=S(=O)(c1ccc(-c2csc(NCc3ccc(F)cc3)n2)cc1)N1CCCCCC1. The average molecular weight is 446 g/mol. The Bertz CT molecular complexity index is 1070. The van der Waals surface area contributed by atoms with Crippen LogP contribution in [0.5, 0.6) is 0 Å². The van der Waals surface area contributed by atoms with Crippen molar-refractivity contribution < 1.29 is 12.8 Å². The summed E-state index contributed by atoms with van der Waals surface area (Å²) in [5.41, 5.74) is 2.63. The molecule has 0 bridgehead atoms. The van der Waals surface area contributed by atoms with Gasteiger partial charge < -0.3 is 5.32 Å². The molecule has 8 heteroatoms. The molecule has 1 aromatic heterocycles. The predicted octanol–water partition coefficient (Wildman–Crippen LogP) is 5.13. The van der Waals surface area contributed by atoms with Crippen LogP contribution in [0.25, 0.3) is 11.3 Å². The minimum Gasteiger partial charge on any atom is -0.357 e. The van der Waals surface area contributed by atoms with Crippen molar-refractivity contribution in [3.05, 3.63) is 65.3 Å². The van der Waals surface area contributed by atoms with Gasteiger partial charge in [0.2, 0.25) is 10.0 Å². The van der Waals surface area contributed by atoms with E-state index in [1.807, 2.05) is 17.5 Å². The van der Waals surface area contributed by atoms with Gasteiger partial charge in [-0.3, -0.25) is 0 Å². The number of thiazole rings is 1. The molecule has 0 amide bonds. The lowest BCUT2D eigenvalue weighted by Crippen LogP contribution is -2.31. The van der Waals surface area contributed by atoms with Crippen LogP contribution >= 0.6 is 11.3 Å². The summed E-state index contributed by atoms with van der Waals surface area (Å²) in [6.45, 7) is 1.75. The Kier molecular flexibility index (Phi) is 6.46. The minimum atomic E-state index is -3.44. The number of nitrogens with zero attached hydrogens (tertiary/aromatic N) is 2. The van der Waals surface area contributed by atoms with Gasteiger partial charge in [0.1, 0.15) is 5.82 Å². The van der Waals surface area contributed by atoms with E-state index in [0.29, 0.717) is 24.5 Å². The third-order valence-corrected chi connectivity index (χ3v) is 7.93. The molecule has 0 radical (unpaired) electrons. The van der Waals surface area contributed by atoms with Crippen LogP contribution < -0.4 is 5.32 Å². The van der Waals surface area contributed by atoms with Crippen LogP contribution in [-0.4, -0.2) is 30.8 Å². The standard InChI is InChI=1S/C22H24FN3O2S2/c23-19-9-5-17(6-10-19)15-24-22-25-21(16-29-22)18-7-11-20(12-8-18)30(27,28)26-13-3-1-2-4-14-26/h5-12,16H,1-4,13-15H2,(H,24,25). The zero-order valence-corrected chi connectivity index (χ0v) is 18.2. The molecule has 1 aliphatic rings. The zero-order chi connectivity index (χ0) is 21.0. The highest BCUT2D eigenvalue weighted by Crippen LogP contribution is 2.27. The van der Waals surface area contributed by atoms with E-state index in [2.05, 4.69) is 10.3 Å². The first-order valence-electron chi connectivity index (χ1n) is 10.1. The fourth-order valence-electron chi connectivity index (χ4n) is 3.50. The van der Waals surface area contributed by atoms with Gasteiger partial charge in [-0.25, -0.2) is 17.8 Å². The maximum Gasteiger partial charge on any atom is 0.243 e. The summed E-state index contributed by atoms with van der Waals surface area (Å²) >= 11 is 1.48. The second-order valence-electron chi connectivity index (χ2n) is 7.36. The van der Waals surface area contributed by atoms with Gasteiger partial charge in [0.05, 0.1) is 10.6 Å². The number of anilines is 1. The summed E-state index contributed by atoms with van der Waals surface area (Å²) in [5, 5.41) is 5.93. The zero-order valence-electron chi connectivity index (χ0n) is 16.6. The highest BCUT2D eigenvalue weighted by Gasteiger charge is 2.25. The van der Waals surface area contributed by atoms with Crippen LogP contribution in [0.2, 0.25) is 0 Å². The number of aromatic nitrogens is 1. The highest BCUT2D eigenvalue weighted by molar-refractivity contribution is 7.89. The fourth-order valence-corrected chi connectivity index (χ4v) is 5.73. The maximum absolute atomic E-state index is 13.0. The molecule has 0 saturated carbocycles. The first kappa shape index (κ1) is 21.0. The fraction of sp³-hybridized carbons (Fsp3) is 0.318. The number of nitrogens with one attached hydrogen (secondary N) is 1. The van der Waals surface area contributed by atoms with Crippen molar-refractivity contribution in [3.63, 3.8) is 0 Å². The monoisotopic (exact) mass is 445 g/mol. The smallest absolute Gasteiger partial charge is 0.243 e. The summed E-state index contributed by atoms with van der Waals surface area (Å²) < 4.78 is 40.4.